The van der Waals surface area contributed by atoms with Crippen LogP contribution in [0, 0.1) is 6.92 Å². The number of carbonyl (C=O) groups is 1. The lowest BCUT2D eigenvalue weighted by molar-refractivity contribution is -0.122. The molecule has 1 atom stereocenters. The van der Waals surface area contributed by atoms with Gasteiger partial charge in [-0.05, 0) is 36.8 Å². The summed E-state index contributed by atoms with van der Waals surface area (Å²) in [5, 5.41) is 0. The Balaban J connectivity index is 1.51. The van der Waals surface area contributed by atoms with E-state index in [9.17, 15) is 4.79 Å². The predicted molar refractivity (Wildman–Crippen MR) is 99.9 cm³/mol. The Bertz CT molecular complexity index is 1130. The lowest BCUT2D eigenvalue weighted by Gasteiger charge is -2.22. The van der Waals surface area contributed by atoms with Crippen LogP contribution in [0.4, 0.5) is 5.69 Å². The van der Waals surface area contributed by atoms with E-state index < -0.39 is 5.41 Å². The molecule has 1 amide bonds. The van der Waals surface area contributed by atoms with Gasteiger partial charge in [0.15, 0.2) is 11.5 Å². The second-order valence-corrected chi connectivity index (χ2v) is 7.32. The second kappa shape index (κ2) is 5.32. The lowest BCUT2D eigenvalue weighted by Crippen LogP contribution is -2.42. The minimum atomic E-state index is -0.880. The van der Waals surface area contributed by atoms with Gasteiger partial charge >= 0.3 is 0 Å². The van der Waals surface area contributed by atoms with E-state index in [1.165, 1.54) is 0 Å². The van der Waals surface area contributed by atoms with Crippen molar-refractivity contribution in [2.75, 3.05) is 18.3 Å². The third-order valence-corrected chi connectivity index (χ3v) is 5.75. The van der Waals surface area contributed by atoms with E-state index in [-0.39, 0.29) is 19.3 Å². The zero-order valence-corrected chi connectivity index (χ0v) is 15.2. The van der Waals surface area contributed by atoms with Gasteiger partial charge in [0, 0.05) is 17.3 Å². The Labute approximate surface area is 161 Å². The maximum atomic E-state index is 13.8. The minimum absolute atomic E-state index is 0.0135. The number of benzene rings is 2. The molecule has 1 unspecified atom stereocenters. The van der Waals surface area contributed by atoms with E-state index in [1.807, 2.05) is 55.5 Å². The van der Waals surface area contributed by atoms with Crippen LogP contribution in [0.1, 0.15) is 22.6 Å². The molecule has 1 spiro atoms. The van der Waals surface area contributed by atoms with Crippen molar-refractivity contribution in [2.45, 2.75) is 18.9 Å². The number of anilines is 1. The molecule has 3 aliphatic heterocycles. The summed E-state index contributed by atoms with van der Waals surface area (Å²) in [7, 11) is 0. The molecular formula is C22H17NO5. The van der Waals surface area contributed by atoms with Crippen molar-refractivity contribution < 1.29 is 23.4 Å². The Hall–Kier alpha value is -3.41. The molecule has 0 bridgehead atoms. The molecule has 3 aromatic rings. The van der Waals surface area contributed by atoms with Gasteiger partial charge in [0.2, 0.25) is 12.7 Å². The van der Waals surface area contributed by atoms with Crippen LogP contribution in [0.15, 0.2) is 52.9 Å². The highest BCUT2D eigenvalue weighted by atomic mass is 16.7. The number of amides is 1. The van der Waals surface area contributed by atoms with E-state index in [4.69, 9.17) is 18.6 Å². The minimum Gasteiger partial charge on any atom is -0.491 e. The molecule has 1 aromatic heterocycles. The van der Waals surface area contributed by atoms with E-state index in [1.54, 1.807) is 4.90 Å². The maximum Gasteiger partial charge on any atom is 0.246 e. The van der Waals surface area contributed by atoms with Crippen LogP contribution in [0.25, 0.3) is 0 Å². The molecule has 0 radical (unpaired) electrons. The molecule has 6 rings (SSSR count). The van der Waals surface area contributed by atoms with Crippen molar-refractivity contribution in [1.82, 2.24) is 0 Å². The summed E-state index contributed by atoms with van der Waals surface area (Å²) in [5.74, 6) is 3.53. The molecule has 2 aromatic carbocycles. The van der Waals surface area contributed by atoms with Crippen molar-refractivity contribution in [2.24, 2.45) is 0 Å². The number of furan rings is 1. The molecule has 0 fully saturated rings. The number of ether oxygens (including phenoxy) is 3. The number of rotatable bonds is 2. The van der Waals surface area contributed by atoms with Crippen molar-refractivity contribution in [3.05, 3.63) is 71.2 Å². The third-order valence-electron chi connectivity index (χ3n) is 5.75. The predicted octanol–water partition coefficient (Wildman–Crippen LogP) is 3.54. The van der Waals surface area contributed by atoms with Crippen LogP contribution >= 0.6 is 0 Å². The summed E-state index contributed by atoms with van der Waals surface area (Å²) >= 11 is 0. The number of aryl methyl sites for hydroxylation is 1. The topological polar surface area (TPSA) is 61.1 Å². The van der Waals surface area contributed by atoms with Gasteiger partial charge in [-0.25, -0.2) is 0 Å². The highest BCUT2D eigenvalue weighted by Gasteiger charge is 2.57. The van der Waals surface area contributed by atoms with Crippen LogP contribution in [0.2, 0.25) is 0 Å². The Morgan fingerprint density at radius 2 is 1.79 bits per heavy atom. The van der Waals surface area contributed by atoms with E-state index in [2.05, 4.69) is 0 Å². The number of para-hydroxylation sites is 1. The Morgan fingerprint density at radius 1 is 0.964 bits per heavy atom. The van der Waals surface area contributed by atoms with Crippen molar-refractivity contribution in [1.29, 1.82) is 0 Å². The van der Waals surface area contributed by atoms with Crippen molar-refractivity contribution >= 4 is 11.6 Å². The molecule has 0 saturated heterocycles. The highest BCUT2D eigenvalue weighted by Crippen LogP contribution is 2.55. The van der Waals surface area contributed by atoms with Gasteiger partial charge in [-0.3, -0.25) is 4.79 Å². The lowest BCUT2D eigenvalue weighted by atomic mass is 9.77. The number of nitrogens with zero attached hydrogens (tertiary/aromatic N) is 1. The smallest absolute Gasteiger partial charge is 0.246 e. The first-order chi connectivity index (χ1) is 13.7. The fourth-order valence-corrected chi connectivity index (χ4v) is 4.45. The van der Waals surface area contributed by atoms with E-state index in [0.29, 0.717) is 23.8 Å². The number of hydrogen-bond acceptors (Lipinski definition) is 5. The average Bonchev–Trinajstić information content (AvgIpc) is 3.45. The van der Waals surface area contributed by atoms with Gasteiger partial charge < -0.3 is 23.5 Å². The first kappa shape index (κ1) is 15.6. The maximum absolute atomic E-state index is 13.8. The molecule has 4 heterocycles. The van der Waals surface area contributed by atoms with E-state index in [0.717, 1.165) is 28.3 Å². The van der Waals surface area contributed by atoms with Crippen molar-refractivity contribution in [3.63, 3.8) is 0 Å². The zero-order valence-electron chi connectivity index (χ0n) is 15.2. The van der Waals surface area contributed by atoms with Crippen LogP contribution in [-0.4, -0.2) is 19.3 Å². The van der Waals surface area contributed by atoms with Gasteiger partial charge in [-0.2, -0.15) is 0 Å². The van der Waals surface area contributed by atoms with Gasteiger partial charge in [0.05, 0.1) is 6.54 Å². The summed E-state index contributed by atoms with van der Waals surface area (Å²) in [4.78, 5) is 15.6. The van der Waals surface area contributed by atoms with Crippen LogP contribution < -0.4 is 19.1 Å². The third kappa shape index (κ3) is 1.89. The fraction of sp³-hybridized carbons (Fsp3) is 0.227. The summed E-state index contributed by atoms with van der Waals surface area (Å²) in [6.07, 6.45) is 0. The van der Waals surface area contributed by atoms with Crippen LogP contribution in [0.5, 0.6) is 17.2 Å². The SMILES string of the molecule is Cc1ccc(CN2C(=O)C3(COc4cc5c(cc43)OCO5)c3ccccc32)o1. The molecule has 6 nitrogen and oxygen atoms in total. The number of hydrogen-bond donors (Lipinski definition) is 0. The average molecular weight is 375 g/mol. The summed E-state index contributed by atoms with van der Waals surface area (Å²) < 4.78 is 22.7. The molecule has 0 saturated carbocycles. The van der Waals surface area contributed by atoms with Crippen LogP contribution in [-0.2, 0) is 16.8 Å². The van der Waals surface area contributed by atoms with Gasteiger partial charge in [0.25, 0.3) is 0 Å². The molecule has 140 valence electrons. The normalized spacial score (nSPS) is 21.2. The fourth-order valence-electron chi connectivity index (χ4n) is 4.45. The highest BCUT2D eigenvalue weighted by molar-refractivity contribution is 6.11. The monoisotopic (exact) mass is 375 g/mol. The first-order valence-corrected chi connectivity index (χ1v) is 9.20. The molecule has 0 aliphatic carbocycles. The molecular weight excluding hydrogens is 358 g/mol. The zero-order chi connectivity index (χ0) is 18.9. The molecule has 6 heteroatoms. The number of fused-ring (bicyclic) bond motifs is 5. The Morgan fingerprint density at radius 3 is 2.61 bits per heavy atom. The molecule has 3 aliphatic rings. The summed E-state index contributed by atoms with van der Waals surface area (Å²) in [6, 6.07) is 15.4. The van der Waals surface area contributed by atoms with Gasteiger partial charge in [-0.1, -0.05) is 18.2 Å². The summed E-state index contributed by atoms with van der Waals surface area (Å²) in [6.45, 7) is 2.72. The first-order valence-electron chi connectivity index (χ1n) is 9.20. The van der Waals surface area contributed by atoms with Gasteiger partial charge in [-0.15, -0.1) is 0 Å². The number of carbonyl (C=O) groups excluding carboxylic acids is 1. The standard InChI is InChI=1S/C22H17NO5/c1-13-6-7-14(28-13)10-23-17-5-3-2-4-15(17)22(21(23)24)11-25-18-9-20-19(8-16(18)22)26-12-27-20/h2-9H,10-12H2,1H3. The van der Waals surface area contributed by atoms with Gasteiger partial charge in [0.1, 0.15) is 29.3 Å². The Kier molecular flexibility index (Phi) is 2.97. The van der Waals surface area contributed by atoms with E-state index >= 15 is 0 Å². The quantitative estimate of drug-likeness (QED) is 0.686. The van der Waals surface area contributed by atoms with Crippen LogP contribution in [0.3, 0.4) is 0 Å². The van der Waals surface area contributed by atoms with Crippen molar-refractivity contribution in [3.8, 4) is 17.2 Å². The second-order valence-electron chi connectivity index (χ2n) is 7.32. The molecule has 0 N–H and O–H groups in total. The molecule has 28 heavy (non-hydrogen) atoms. The largest absolute Gasteiger partial charge is 0.491 e. The summed E-state index contributed by atoms with van der Waals surface area (Å²) in [5.41, 5.74) is 1.78.